The van der Waals surface area contributed by atoms with Crippen LogP contribution in [-0.2, 0) is 0 Å². The molecule has 0 saturated carbocycles. The summed E-state index contributed by atoms with van der Waals surface area (Å²) >= 11 is 0. The molecule has 0 saturated heterocycles. The maximum atomic E-state index is 12.3. The monoisotopic (exact) mass is 216 g/mol. The highest BCUT2D eigenvalue weighted by Crippen LogP contribution is 2.15. The molecular formula is C10H14F2N2O. The molecule has 3 nitrogen and oxygen atoms in total. The first-order valence-electron chi connectivity index (χ1n) is 4.70. The van der Waals surface area contributed by atoms with Crippen molar-refractivity contribution in [1.29, 1.82) is 0 Å². The Balaban J connectivity index is 2.78. The number of pyridine rings is 1. The van der Waals surface area contributed by atoms with Crippen molar-refractivity contribution in [3.05, 3.63) is 24.0 Å². The lowest BCUT2D eigenvalue weighted by molar-refractivity contribution is 0.153. The maximum Gasteiger partial charge on any atom is 0.255 e. The first kappa shape index (κ1) is 11.8. The van der Waals surface area contributed by atoms with Gasteiger partial charge in [0.15, 0.2) is 0 Å². The van der Waals surface area contributed by atoms with Crippen LogP contribution in [0.2, 0.25) is 0 Å². The summed E-state index contributed by atoms with van der Waals surface area (Å²) in [6, 6.07) is 3.38. The van der Waals surface area contributed by atoms with E-state index >= 15 is 0 Å². The van der Waals surface area contributed by atoms with Crippen LogP contribution in [0.4, 0.5) is 14.5 Å². The molecule has 0 bridgehead atoms. The minimum absolute atomic E-state index is 0.145. The molecule has 0 radical (unpaired) electrons. The molecule has 0 atom stereocenters. The van der Waals surface area contributed by atoms with E-state index in [1.807, 2.05) is 0 Å². The van der Waals surface area contributed by atoms with E-state index in [2.05, 4.69) is 4.98 Å². The molecule has 0 fully saturated rings. The van der Waals surface area contributed by atoms with Crippen LogP contribution < -0.4 is 4.90 Å². The molecule has 1 rings (SSSR count). The van der Waals surface area contributed by atoms with Gasteiger partial charge in [0.1, 0.15) is 0 Å². The molecule has 1 aromatic rings. The van der Waals surface area contributed by atoms with Gasteiger partial charge in [0.05, 0.1) is 13.2 Å². The minimum atomic E-state index is -2.41. The summed E-state index contributed by atoms with van der Waals surface area (Å²) in [7, 11) is 0. The van der Waals surface area contributed by atoms with Gasteiger partial charge < -0.3 is 10.0 Å². The normalized spacial score (nSPS) is 10.7. The van der Waals surface area contributed by atoms with Crippen LogP contribution in [0.25, 0.3) is 0 Å². The van der Waals surface area contributed by atoms with Crippen molar-refractivity contribution in [2.24, 2.45) is 0 Å². The lowest BCUT2D eigenvalue weighted by Crippen LogP contribution is -2.31. The van der Waals surface area contributed by atoms with Crippen LogP contribution in [0.1, 0.15) is 5.69 Å². The van der Waals surface area contributed by atoms with Crippen molar-refractivity contribution < 1.29 is 13.9 Å². The van der Waals surface area contributed by atoms with Gasteiger partial charge in [-0.3, -0.25) is 4.98 Å². The molecule has 0 spiro atoms. The molecule has 1 N–H and O–H groups in total. The van der Waals surface area contributed by atoms with E-state index in [4.69, 9.17) is 5.11 Å². The number of halogens is 2. The third kappa shape index (κ3) is 3.79. The SMILES string of the molecule is Cc1cc(N(CCO)CC(F)F)ccn1. The van der Waals surface area contributed by atoms with Crippen molar-refractivity contribution in [3.63, 3.8) is 0 Å². The van der Waals surface area contributed by atoms with Gasteiger partial charge in [-0.1, -0.05) is 0 Å². The summed E-state index contributed by atoms with van der Waals surface area (Å²) < 4.78 is 24.5. The largest absolute Gasteiger partial charge is 0.395 e. The number of aliphatic hydroxyl groups is 1. The van der Waals surface area contributed by atoms with Gasteiger partial charge in [0, 0.05) is 24.1 Å². The second-order valence-corrected chi connectivity index (χ2v) is 3.22. The van der Waals surface area contributed by atoms with Crippen LogP contribution in [0.15, 0.2) is 18.3 Å². The highest BCUT2D eigenvalue weighted by molar-refractivity contribution is 5.46. The van der Waals surface area contributed by atoms with E-state index in [9.17, 15) is 8.78 Å². The number of alkyl halides is 2. The zero-order chi connectivity index (χ0) is 11.3. The molecule has 5 heteroatoms. The molecule has 0 aliphatic carbocycles. The molecule has 84 valence electrons. The smallest absolute Gasteiger partial charge is 0.255 e. The Hall–Kier alpha value is -1.23. The van der Waals surface area contributed by atoms with Crippen LogP contribution in [0, 0.1) is 6.92 Å². The number of anilines is 1. The number of aliphatic hydroxyl groups excluding tert-OH is 1. The van der Waals surface area contributed by atoms with Gasteiger partial charge in [0.2, 0.25) is 0 Å². The third-order valence-corrected chi connectivity index (χ3v) is 1.97. The van der Waals surface area contributed by atoms with Crippen LogP contribution in [-0.4, -0.2) is 36.2 Å². The van der Waals surface area contributed by atoms with E-state index < -0.39 is 6.43 Å². The Labute approximate surface area is 87.4 Å². The van der Waals surface area contributed by atoms with Crippen LogP contribution in [0.3, 0.4) is 0 Å². The summed E-state index contributed by atoms with van der Waals surface area (Å²) in [5.74, 6) is 0. The second-order valence-electron chi connectivity index (χ2n) is 3.22. The van der Waals surface area contributed by atoms with Gasteiger partial charge >= 0.3 is 0 Å². The van der Waals surface area contributed by atoms with Crippen molar-refractivity contribution >= 4 is 5.69 Å². The molecular weight excluding hydrogens is 202 g/mol. The summed E-state index contributed by atoms with van der Waals surface area (Å²) in [6.45, 7) is 1.48. The first-order valence-corrected chi connectivity index (χ1v) is 4.70. The Morgan fingerprint density at radius 3 is 2.80 bits per heavy atom. The zero-order valence-electron chi connectivity index (χ0n) is 8.53. The molecule has 0 aliphatic rings. The number of nitrogens with zero attached hydrogens (tertiary/aromatic N) is 2. The van der Waals surface area contributed by atoms with Crippen molar-refractivity contribution in [2.45, 2.75) is 13.3 Å². The molecule has 0 unspecified atom stereocenters. The van der Waals surface area contributed by atoms with E-state index in [1.54, 1.807) is 25.3 Å². The quantitative estimate of drug-likeness (QED) is 0.809. The zero-order valence-corrected chi connectivity index (χ0v) is 8.53. The predicted octanol–water partition coefficient (Wildman–Crippen LogP) is 1.45. The lowest BCUT2D eigenvalue weighted by atomic mass is 10.3. The van der Waals surface area contributed by atoms with E-state index in [-0.39, 0.29) is 19.7 Å². The average Bonchev–Trinajstić information content (AvgIpc) is 2.16. The molecule has 0 amide bonds. The first-order chi connectivity index (χ1) is 7.13. The molecule has 0 aliphatic heterocycles. The number of hydrogen-bond donors (Lipinski definition) is 1. The van der Waals surface area contributed by atoms with Gasteiger partial charge in [0.25, 0.3) is 6.43 Å². The fourth-order valence-electron chi connectivity index (χ4n) is 1.34. The standard InChI is InChI=1S/C10H14F2N2O/c1-8-6-9(2-3-13-8)14(4-5-15)7-10(11)12/h2-3,6,10,15H,4-5,7H2,1H3. The van der Waals surface area contributed by atoms with Crippen molar-refractivity contribution in [3.8, 4) is 0 Å². The lowest BCUT2D eigenvalue weighted by Gasteiger charge is -2.23. The van der Waals surface area contributed by atoms with Crippen molar-refractivity contribution in [1.82, 2.24) is 4.98 Å². The minimum Gasteiger partial charge on any atom is -0.395 e. The molecule has 15 heavy (non-hydrogen) atoms. The van der Waals surface area contributed by atoms with Gasteiger partial charge in [-0.15, -0.1) is 0 Å². The fourth-order valence-corrected chi connectivity index (χ4v) is 1.34. The third-order valence-electron chi connectivity index (χ3n) is 1.97. The average molecular weight is 216 g/mol. The number of aromatic nitrogens is 1. The van der Waals surface area contributed by atoms with Gasteiger partial charge in [-0.2, -0.15) is 0 Å². The van der Waals surface area contributed by atoms with Crippen molar-refractivity contribution in [2.75, 3.05) is 24.6 Å². The summed E-state index contributed by atoms with van der Waals surface area (Å²) in [5, 5.41) is 8.78. The summed E-state index contributed by atoms with van der Waals surface area (Å²) in [5.41, 5.74) is 1.43. The van der Waals surface area contributed by atoms with Gasteiger partial charge in [-0.25, -0.2) is 8.78 Å². The van der Waals surface area contributed by atoms with Crippen LogP contribution >= 0.6 is 0 Å². The molecule has 0 aromatic carbocycles. The Bertz CT molecular complexity index is 307. The second kappa shape index (κ2) is 5.60. The van der Waals surface area contributed by atoms with E-state index in [0.29, 0.717) is 5.69 Å². The van der Waals surface area contributed by atoms with E-state index in [0.717, 1.165) is 5.69 Å². The fraction of sp³-hybridized carbons (Fsp3) is 0.500. The van der Waals surface area contributed by atoms with E-state index in [1.165, 1.54) is 4.90 Å². The predicted molar refractivity (Wildman–Crippen MR) is 54.3 cm³/mol. The summed E-state index contributed by atoms with van der Waals surface area (Å²) in [6.07, 6.45) is -0.842. The summed E-state index contributed by atoms with van der Waals surface area (Å²) in [4.78, 5) is 5.43. The number of rotatable bonds is 5. The number of aryl methyl sites for hydroxylation is 1. The molecule has 1 aromatic heterocycles. The number of hydrogen-bond acceptors (Lipinski definition) is 3. The Morgan fingerprint density at radius 1 is 1.53 bits per heavy atom. The maximum absolute atomic E-state index is 12.3. The molecule has 1 heterocycles. The van der Waals surface area contributed by atoms with Gasteiger partial charge in [-0.05, 0) is 19.1 Å². The van der Waals surface area contributed by atoms with Crippen LogP contribution in [0.5, 0.6) is 0 Å². The highest BCUT2D eigenvalue weighted by atomic mass is 19.3. The Morgan fingerprint density at radius 2 is 2.27 bits per heavy atom. The Kier molecular flexibility index (Phi) is 4.42. The topological polar surface area (TPSA) is 36.4 Å². The highest BCUT2D eigenvalue weighted by Gasteiger charge is 2.12.